The van der Waals surface area contributed by atoms with Crippen LogP contribution < -0.4 is 5.32 Å². The van der Waals surface area contributed by atoms with Crippen molar-refractivity contribution in [2.45, 2.75) is 76.7 Å². The first-order chi connectivity index (χ1) is 9.26. The smallest absolute Gasteiger partial charge is 0.0733 e. The molecule has 0 aromatic heterocycles. The molecule has 3 aliphatic rings. The zero-order valence-corrected chi connectivity index (χ0v) is 12.6. The maximum atomic E-state index is 5.95. The molecule has 4 atom stereocenters. The second kappa shape index (κ2) is 6.11. The van der Waals surface area contributed by atoms with E-state index in [9.17, 15) is 0 Å². The van der Waals surface area contributed by atoms with E-state index in [1.165, 1.54) is 58.2 Å². The molecular formula is C16H30N2O. The molecule has 0 saturated carbocycles. The maximum Gasteiger partial charge on any atom is 0.0733 e. The fourth-order valence-corrected chi connectivity index (χ4v) is 4.28. The minimum absolute atomic E-state index is 0.521. The fourth-order valence-electron chi connectivity index (χ4n) is 4.28. The first-order valence-corrected chi connectivity index (χ1v) is 8.40. The minimum atomic E-state index is 0.521. The monoisotopic (exact) mass is 266 g/mol. The number of likely N-dealkylation sites (tertiary alicyclic amines) is 1. The van der Waals surface area contributed by atoms with E-state index in [1.807, 2.05) is 0 Å². The van der Waals surface area contributed by atoms with E-state index < -0.39 is 0 Å². The van der Waals surface area contributed by atoms with E-state index in [0.717, 1.165) is 5.92 Å². The summed E-state index contributed by atoms with van der Waals surface area (Å²) in [7, 11) is 0. The molecule has 3 aliphatic heterocycles. The Bertz CT molecular complexity index is 288. The number of nitrogens with zero attached hydrogens (tertiary/aromatic N) is 1. The zero-order valence-electron chi connectivity index (χ0n) is 12.6. The van der Waals surface area contributed by atoms with Crippen LogP contribution in [0.4, 0.5) is 0 Å². The molecule has 3 fully saturated rings. The molecule has 4 unspecified atom stereocenters. The van der Waals surface area contributed by atoms with Crippen molar-refractivity contribution in [2.24, 2.45) is 5.92 Å². The van der Waals surface area contributed by atoms with Crippen LogP contribution in [-0.2, 0) is 4.74 Å². The summed E-state index contributed by atoms with van der Waals surface area (Å²) in [6, 6.07) is 1.30. The minimum Gasteiger partial charge on any atom is -0.373 e. The summed E-state index contributed by atoms with van der Waals surface area (Å²) in [6.07, 6.45) is 8.96. The van der Waals surface area contributed by atoms with Gasteiger partial charge in [-0.05, 0) is 71.0 Å². The third-order valence-corrected chi connectivity index (χ3v) is 5.46. The lowest BCUT2D eigenvalue weighted by Gasteiger charge is -2.36. The standard InChI is InChI=1S/C16H30N2O/c1-3-8-18-9-6-13(7-10-18)12(2)17-15-11-14-4-5-16(15)19-14/h12-17H,3-11H2,1-2H3. The molecule has 0 aromatic carbocycles. The van der Waals surface area contributed by atoms with Crippen molar-refractivity contribution in [1.82, 2.24) is 10.2 Å². The van der Waals surface area contributed by atoms with Gasteiger partial charge in [0.05, 0.1) is 12.2 Å². The van der Waals surface area contributed by atoms with Gasteiger partial charge in [-0.1, -0.05) is 6.92 Å². The van der Waals surface area contributed by atoms with E-state index in [-0.39, 0.29) is 0 Å². The van der Waals surface area contributed by atoms with Crippen LogP contribution in [0.15, 0.2) is 0 Å². The van der Waals surface area contributed by atoms with Crippen LogP contribution in [0.3, 0.4) is 0 Å². The van der Waals surface area contributed by atoms with Crippen LogP contribution in [0, 0.1) is 5.92 Å². The highest BCUT2D eigenvalue weighted by Gasteiger charge is 2.41. The second-order valence-electron chi connectivity index (χ2n) is 6.85. The van der Waals surface area contributed by atoms with Gasteiger partial charge in [0.1, 0.15) is 0 Å². The maximum absolute atomic E-state index is 5.95. The van der Waals surface area contributed by atoms with Gasteiger partial charge in [-0.2, -0.15) is 0 Å². The number of piperidine rings is 1. The lowest BCUT2D eigenvalue weighted by Crippen LogP contribution is -2.48. The number of ether oxygens (including phenoxy) is 1. The van der Waals surface area contributed by atoms with Crippen LogP contribution in [0.5, 0.6) is 0 Å². The van der Waals surface area contributed by atoms with Crippen molar-refractivity contribution in [2.75, 3.05) is 19.6 Å². The van der Waals surface area contributed by atoms with E-state index in [0.29, 0.717) is 24.3 Å². The number of fused-ring (bicyclic) bond motifs is 2. The third-order valence-electron chi connectivity index (χ3n) is 5.46. The Labute approximate surface area is 118 Å². The molecular weight excluding hydrogens is 236 g/mol. The molecule has 3 heterocycles. The summed E-state index contributed by atoms with van der Waals surface area (Å²) in [4.78, 5) is 2.63. The molecule has 0 aromatic rings. The highest BCUT2D eigenvalue weighted by Crippen LogP contribution is 2.35. The topological polar surface area (TPSA) is 24.5 Å². The SMILES string of the molecule is CCCN1CCC(C(C)NC2CC3CCC2O3)CC1. The molecule has 110 valence electrons. The van der Waals surface area contributed by atoms with Crippen molar-refractivity contribution in [3.63, 3.8) is 0 Å². The van der Waals surface area contributed by atoms with E-state index in [1.54, 1.807) is 0 Å². The van der Waals surface area contributed by atoms with Gasteiger partial charge in [-0.3, -0.25) is 0 Å². The Kier molecular flexibility index (Phi) is 4.45. The van der Waals surface area contributed by atoms with Crippen LogP contribution in [0.1, 0.15) is 52.4 Å². The van der Waals surface area contributed by atoms with E-state index >= 15 is 0 Å². The molecule has 0 radical (unpaired) electrons. The first-order valence-electron chi connectivity index (χ1n) is 8.40. The molecule has 0 spiro atoms. The predicted molar refractivity (Wildman–Crippen MR) is 78.4 cm³/mol. The number of rotatable bonds is 5. The number of hydrogen-bond acceptors (Lipinski definition) is 3. The fraction of sp³-hybridized carbons (Fsp3) is 1.00. The van der Waals surface area contributed by atoms with Gasteiger partial charge >= 0.3 is 0 Å². The van der Waals surface area contributed by atoms with Gasteiger partial charge in [-0.25, -0.2) is 0 Å². The largest absolute Gasteiger partial charge is 0.373 e. The highest BCUT2D eigenvalue weighted by atomic mass is 16.5. The average Bonchev–Trinajstić information content (AvgIpc) is 3.02. The van der Waals surface area contributed by atoms with Crippen LogP contribution >= 0.6 is 0 Å². The second-order valence-corrected chi connectivity index (χ2v) is 6.85. The summed E-state index contributed by atoms with van der Waals surface area (Å²) in [6.45, 7) is 8.57. The molecule has 3 heteroatoms. The Hall–Kier alpha value is -0.120. The van der Waals surface area contributed by atoms with Crippen LogP contribution in [0.25, 0.3) is 0 Å². The number of hydrogen-bond donors (Lipinski definition) is 1. The Morgan fingerprint density at radius 1 is 1.21 bits per heavy atom. The lowest BCUT2D eigenvalue weighted by molar-refractivity contribution is 0.0925. The van der Waals surface area contributed by atoms with Gasteiger partial charge < -0.3 is 15.0 Å². The molecule has 3 rings (SSSR count). The molecule has 3 saturated heterocycles. The molecule has 3 nitrogen and oxygen atoms in total. The molecule has 2 bridgehead atoms. The van der Waals surface area contributed by atoms with Gasteiger partial charge in [0.25, 0.3) is 0 Å². The molecule has 0 aliphatic carbocycles. The van der Waals surface area contributed by atoms with Crippen molar-refractivity contribution in [1.29, 1.82) is 0 Å². The van der Waals surface area contributed by atoms with Crippen molar-refractivity contribution >= 4 is 0 Å². The van der Waals surface area contributed by atoms with Crippen molar-refractivity contribution in [3.8, 4) is 0 Å². The molecule has 1 N–H and O–H groups in total. The average molecular weight is 266 g/mol. The number of nitrogens with one attached hydrogen (secondary N) is 1. The van der Waals surface area contributed by atoms with Gasteiger partial charge in [0.2, 0.25) is 0 Å². The zero-order chi connectivity index (χ0) is 13.2. The van der Waals surface area contributed by atoms with E-state index in [2.05, 4.69) is 24.1 Å². The lowest BCUT2D eigenvalue weighted by atomic mass is 9.88. The summed E-state index contributed by atoms with van der Waals surface area (Å²) in [5.74, 6) is 0.868. The predicted octanol–water partition coefficient (Wildman–Crippen LogP) is 2.41. The van der Waals surface area contributed by atoms with Gasteiger partial charge in [0.15, 0.2) is 0 Å². The summed E-state index contributed by atoms with van der Waals surface area (Å²) < 4.78 is 5.95. The Morgan fingerprint density at radius 3 is 2.58 bits per heavy atom. The summed E-state index contributed by atoms with van der Waals surface area (Å²) >= 11 is 0. The summed E-state index contributed by atoms with van der Waals surface area (Å²) in [5, 5.41) is 3.88. The van der Waals surface area contributed by atoms with Crippen molar-refractivity contribution < 1.29 is 4.74 Å². The van der Waals surface area contributed by atoms with Gasteiger partial charge in [0, 0.05) is 12.1 Å². The Morgan fingerprint density at radius 2 is 2.00 bits per heavy atom. The van der Waals surface area contributed by atoms with E-state index in [4.69, 9.17) is 4.74 Å². The molecule has 0 amide bonds. The van der Waals surface area contributed by atoms with Crippen LogP contribution in [0.2, 0.25) is 0 Å². The Balaban J connectivity index is 1.42. The third kappa shape index (κ3) is 3.14. The van der Waals surface area contributed by atoms with Crippen molar-refractivity contribution in [3.05, 3.63) is 0 Å². The van der Waals surface area contributed by atoms with Gasteiger partial charge in [-0.15, -0.1) is 0 Å². The normalized spacial score (nSPS) is 37.9. The quantitative estimate of drug-likeness (QED) is 0.827. The molecule has 19 heavy (non-hydrogen) atoms. The highest BCUT2D eigenvalue weighted by molar-refractivity contribution is 4.95. The van der Waals surface area contributed by atoms with Crippen LogP contribution in [-0.4, -0.2) is 48.8 Å². The summed E-state index contributed by atoms with van der Waals surface area (Å²) in [5.41, 5.74) is 0. The first kappa shape index (κ1) is 13.8.